The Kier molecular flexibility index (Phi) is 12.9. The van der Waals surface area contributed by atoms with Crippen molar-refractivity contribution in [2.75, 3.05) is 52.7 Å². The maximum Gasteiger partial charge on any atom is 0.251 e. The molecule has 1 aromatic rings. The molecule has 2 rings (SSSR count). The van der Waals surface area contributed by atoms with Crippen molar-refractivity contribution in [3.63, 3.8) is 0 Å². The van der Waals surface area contributed by atoms with Crippen molar-refractivity contribution in [3.05, 3.63) is 35.4 Å². The van der Waals surface area contributed by atoms with Crippen LogP contribution in [-0.4, -0.2) is 58.6 Å². The fourth-order valence-corrected chi connectivity index (χ4v) is 3.26. The minimum atomic E-state index is -0.0794. The van der Waals surface area contributed by atoms with E-state index >= 15 is 0 Å². The molecule has 1 aliphatic rings. The van der Waals surface area contributed by atoms with Gasteiger partial charge in [-0.3, -0.25) is 4.79 Å². The molecule has 0 heterocycles. The highest BCUT2D eigenvalue weighted by Gasteiger charge is 2.10. The molecule has 0 saturated carbocycles. The summed E-state index contributed by atoms with van der Waals surface area (Å²) in [6.45, 7) is 4.07. The first kappa shape index (κ1) is 24.4. The zero-order chi connectivity index (χ0) is 21.3. The first-order valence-corrected chi connectivity index (χ1v) is 11.1. The van der Waals surface area contributed by atoms with Gasteiger partial charge in [0, 0.05) is 31.0 Å². The van der Waals surface area contributed by atoms with Crippen molar-refractivity contribution >= 4 is 5.91 Å². The van der Waals surface area contributed by atoms with Gasteiger partial charge in [0.15, 0.2) is 0 Å². The van der Waals surface area contributed by atoms with E-state index in [0.29, 0.717) is 64.2 Å². The average molecular weight is 417 g/mol. The molecule has 166 valence electrons. The molecular formula is C24H36N2O4. The number of nitrogens with two attached hydrogens (primary N) is 1. The average Bonchev–Trinajstić information content (AvgIpc) is 2.74. The molecule has 1 amide bonds. The van der Waals surface area contributed by atoms with Gasteiger partial charge in [0.25, 0.3) is 5.91 Å². The van der Waals surface area contributed by atoms with E-state index in [2.05, 4.69) is 17.2 Å². The normalized spacial score (nSPS) is 16.2. The van der Waals surface area contributed by atoms with Gasteiger partial charge in [-0.2, -0.15) is 0 Å². The molecule has 0 fully saturated rings. The highest BCUT2D eigenvalue weighted by Crippen LogP contribution is 2.18. The van der Waals surface area contributed by atoms with Crippen LogP contribution in [0, 0.1) is 17.8 Å². The molecule has 0 bridgehead atoms. The van der Waals surface area contributed by atoms with E-state index < -0.39 is 0 Å². The van der Waals surface area contributed by atoms with Gasteiger partial charge in [0.1, 0.15) is 0 Å². The molecule has 1 atom stereocenters. The molecule has 0 aromatic heterocycles. The van der Waals surface area contributed by atoms with Crippen LogP contribution in [0.1, 0.15) is 48.0 Å². The third-order valence-corrected chi connectivity index (χ3v) is 4.90. The van der Waals surface area contributed by atoms with Crippen LogP contribution >= 0.6 is 0 Å². The highest BCUT2D eigenvalue weighted by atomic mass is 16.5. The lowest BCUT2D eigenvalue weighted by molar-refractivity contribution is 0.0166. The van der Waals surface area contributed by atoms with Crippen molar-refractivity contribution in [2.24, 2.45) is 11.7 Å². The van der Waals surface area contributed by atoms with Crippen LogP contribution in [0.25, 0.3) is 0 Å². The summed E-state index contributed by atoms with van der Waals surface area (Å²) >= 11 is 0. The quantitative estimate of drug-likeness (QED) is 0.360. The zero-order valence-corrected chi connectivity index (χ0v) is 18.0. The van der Waals surface area contributed by atoms with Gasteiger partial charge in [0.05, 0.1) is 39.6 Å². The highest BCUT2D eigenvalue weighted by molar-refractivity contribution is 5.94. The van der Waals surface area contributed by atoms with Crippen molar-refractivity contribution in [2.45, 2.75) is 38.5 Å². The molecule has 1 aromatic carbocycles. The van der Waals surface area contributed by atoms with Crippen molar-refractivity contribution in [3.8, 4) is 11.8 Å². The monoisotopic (exact) mass is 416 g/mol. The predicted molar refractivity (Wildman–Crippen MR) is 118 cm³/mol. The van der Waals surface area contributed by atoms with Gasteiger partial charge in [-0.25, -0.2) is 0 Å². The third-order valence-electron chi connectivity index (χ3n) is 4.90. The van der Waals surface area contributed by atoms with E-state index in [1.165, 1.54) is 31.2 Å². The lowest BCUT2D eigenvalue weighted by atomic mass is 9.92. The smallest absolute Gasteiger partial charge is 0.251 e. The van der Waals surface area contributed by atoms with Crippen LogP contribution in [0.15, 0.2) is 24.3 Å². The largest absolute Gasteiger partial charge is 0.378 e. The molecule has 6 heteroatoms. The second kappa shape index (κ2) is 15.9. The Morgan fingerprint density at radius 3 is 2.40 bits per heavy atom. The Balaban J connectivity index is 1.56. The second-order valence-corrected chi connectivity index (χ2v) is 7.40. The Morgan fingerprint density at radius 1 is 0.967 bits per heavy atom. The number of rotatable bonds is 14. The standard InChI is InChI=1S/C24H36N2O4/c25-12-14-28-16-18-30-19-17-29-15-13-26-24(27)23-10-8-22(9-11-23)20-21-6-4-2-1-3-5-7-21/h8-11,21H,1-4,6,12-20,25H2,(H,26,27). The summed E-state index contributed by atoms with van der Waals surface area (Å²) in [6, 6.07) is 7.87. The molecule has 3 N–H and O–H groups in total. The molecule has 6 nitrogen and oxygen atoms in total. The lowest BCUT2D eigenvalue weighted by Gasteiger charge is -2.13. The molecule has 0 spiro atoms. The van der Waals surface area contributed by atoms with Crippen LogP contribution in [0.4, 0.5) is 0 Å². The zero-order valence-electron chi connectivity index (χ0n) is 18.0. The lowest BCUT2D eigenvalue weighted by Crippen LogP contribution is -2.27. The van der Waals surface area contributed by atoms with Crippen LogP contribution in [-0.2, 0) is 20.6 Å². The fraction of sp³-hybridized carbons (Fsp3) is 0.625. The summed E-state index contributed by atoms with van der Waals surface area (Å²) in [6.07, 6.45) is 6.93. The predicted octanol–water partition coefficient (Wildman–Crippen LogP) is 2.55. The molecule has 0 aliphatic heterocycles. The number of amides is 1. The molecule has 0 saturated heterocycles. The van der Waals surface area contributed by atoms with E-state index in [0.717, 1.165) is 12.8 Å². The third kappa shape index (κ3) is 10.7. The molecular weight excluding hydrogens is 380 g/mol. The van der Waals surface area contributed by atoms with Crippen molar-refractivity contribution in [1.82, 2.24) is 5.32 Å². The first-order chi connectivity index (χ1) is 14.8. The Hall–Kier alpha value is -1.91. The van der Waals surface area contributed by atoms with Crippen molar-refractivity contribution < 1.29 is 19.0 Å². The van der Waals surface area contributed by atoms with Gasteiger partial charge in [0.2, 0.25) is 0 Å². The summed E-state index contributed by atoms with van der Waals surface area (Å²) in [4.78, 5) is 12.3. The minimum Gasteiger partial charge on any atom is -0.378 e. The fourth-order valence-electron chi connectivity index (χ4n) is 3.26. The maximum atomic E-state index is 12.3. The van der Waals surface area contributed by atoms with Gasteiger partial charge in [-0.1, -0.05) is 30.9 Å². The van der Waals surface area contributed by atoms with Crippen LogP contribution in [0.5, 0.6) is 0 Å². The summed E-state index contributed by atoms with van der Waals surface area (Å²) < 4.78 is 16.0. The molecule has 30 heavy (non-hydrogen) atoms. The number of carbonyl (C=O) groups excluding carboxylic acids is 1. The molecule has 1 aliphatic carbocycles. The Morgan fingerprint density at radius 2 is 1.67 bits per heavy atom. The van der Waals surface area contributed by atoms with Gasteiger partial charge < -0.3 is 25.3 Å². The van der Waals surface area contributed by atoms with E-state index in [-0.39, 0.29) is 5.91 Å². The summed E-state index contributed by atoms with van der Waals surface area (Å²) in [5.41, 5.74) is 7.23. The molecule has 1 unspecified atom stereocenters. The van der Waals surface area contributed by atoms with E-state index in [1.807, 2.05) is 24.3 Å². The van der Waals surface area contributed by atoms with Gasteiger partial charge in [-0.05, 0) is 37.0 Å². The summed E-state index contributed by atoms with van der Waals surface area (Å²) in [5.74, 6) is 7.06. The minimum absolute atomic E-state index is 0.0794. The van der Waals surface area contributed by atoms with Crippen molar-refractivity contribution in [1.29, 1.82) is 0 Å². The van der Waals surface area contributed by atoms with E-state index in [4.69, 9.17) is 19.9 Å². The Bertz CT molecular complexity index is 651. The number of hydrogen-bond donors (Lipinski definition) is 2. The number of hydrogen-bond acceptors (Lipinski definition) is 5. The van der Waals surface area contributed by atoms with Crippen LogP contribution in [0.3, 0.4) is 0 Å². The topological polar surface area (TPSA) is 82.8 Å². The Labute approximate surface area is 180 Å². The number of benzene rings is 1. The van der Waals surface area contributed by atoms with Gasteiger partial charge >= 0.3 is 0 Å². The van der Waals surface area contributed by atoms with Crippen LogP contribution in [0.2, 0.25) is 0 Å². The number of carbonyl (C=O) groups is 1. The SMILES string of the molecule is NCCOCCOCCOCCNC(=O)c1ccc(CC2C#CCCCCC2)cc1. The maximum absolute atomic E-state index is 12.3. The molecule has 0 radical (unpaired) electrons. The van der Waals surface area contributed by atoms with E-state index in [9.17, 15) is 4.79 Å². The number of nitrogens with one attached hydrogen (secondary N) is 1. The summed E-state index contributed by atoms with van der Waals surface area (Å²) in [7, 11) is 0. The van der Waals surface area contributed by atoms with Gasteiger partial charge in [-0.15, -0.1) is 5.92 Å². The summed E-state index contributed by atoms with van der Waals surface area (Å²) in [5, 5.41) is 2.88. The second-order valence-electron chi connectivity index (χ2n) is 7.40. The first-order valence-electron chi connectivity index (χ1n) is 11.1. The number of ether oxygens (including phenoxy) is 3. The van der Waals surface area contributed by atoms with Crippen LogP contribution < -0.4 is 11.1 Å². The van der Waals surface area contributed by atoms with E-state index in [1.54, 1.807) is 0 Å².